The number of para-hydroxylation sites is 1. The summed E-state index contributed by atoms with van der Waals surface area (Å²) in [4.78, 5) is 56.2. The van der Waals surface area contributed by atoms with Crippen LogP contribution in [-0.2, 0) is 9.53 Å². The Labute approximate surface area is 199 Å². The maximum Gasteiger partial charge on any atom is 0.343 e. The molecule has 0 spiro atoms. The van der Waals surface area contributed by atoms with E-state index in [2.05, 4.69) is 15.4 Å². The van der Waals surface area contributed by atoms with Crippen LogP contribution >= 0.6 is 0 Å². The highest BCUT2D eigenvalue weighted by Crippen LogP contribution is 2.24. The molecular weight excluding hydrogens is 450 g/mol. The number of rotatable bonds is 6. The molecule has 0 bridgehead atoms. The molecular formula is C25H19N5O5. The van der Waals surface area contributed by atoms with Crippen LogP contribution in [0.3, 0.4) is 0 Å². The molecule has 0 radical (unpaired) electrons. The van der Waals surface area contributed by atoms with Gasteiger partial charge in [-0.15, -0.1) is 0 Å². The molecule has 10 nitrogen and oxygen atoms in total. The molecule has 4 aromatic rings. The van der Waals surface area contributed by atoms with Gasteiger partial charge in [0, 0.05) is 5.39 Å². The van der Waals surface area contributed by atoms with Gasteiger partial charge in [-0.05, 0) is 37.3 Å². The number of nitrogens with zero attached hydrogens (tertiary/aromatic N) is 4. The van der Waals surface area contributed by atoms with E-state index >= 15 is 0 Å². The first kappa shape index (κ1) is 22.0. The molecule has 0 atom stereocenters. The number of aromatic nitrogens is 3. The zero-order valence-corrected chi connectivity index (χ0v) is 18.6. The molecule has 10 heteroatoms. The Morgan fingerprint density at radius 3 is 2.34 bits per heavy atom. The molecule has 3 heterocycles. The van der Waals surface area contributed by atoms with Crippen molar-refractivity contribution in [3.63, 3.8) is 0 Å². The first-order chi connectivity index (χ1) is 17.0. The van der Waals surface area contributed by atoms with Crippen LogP contribution in [0.25, 0.3) is 16.7 Å². The number of hydrogen-bond acceptors (Lipinski definition) is 7. The molecule has 35 heavy (non-hydrogen) atoms. The van der Waals surface area contributed by atoms with Crippen LogP contribution in [0.1, 0.15) is 38.0 Å². The lowest BCUT2D eigenvalue weighted by molar-refractivity contribution is -0.116. The van der Waals surface area contributed by atoms with E-state index in [1.807, 2.05) is 30.3 Å². The molecule has 2 aromatic heterocycles. The van der Waals surface area contributed by atoms with Crippen LogP contribution in [0.15, 0.2) is 66.9 Å². The minimum atomic E-state index is -0.687. The number of benzene rings is 2. The van der Waals surface area contributed by atoms with Crippen LogP contribution in [-0.4, -0.2) is 56.5 Å². The Kier molecular flexibility index (Phi) is 5.54. The van der Waals surface area contributed by atoms with Gasteiger partial charge in [0.15, 0.2) is 11.6 Å². The van der Waals surface area contributed by atoms with Crippen molar-refractivity contribution in [1.29, 1.82) is 0 Å². The summed E-state index contributed by atoms with van der Waals surface area (Å²) in [5, 5.41) is 7.76. The summed E-state index contributed by atoms with van der Waals surface area (Å²) in [7, 11) is 0. The van der Waals surface area contributed by atoms with Gasteiger partial charge >= 0.3 is 5.97 Å². The Hall–Kier alpha value is -4.86. The molecule has 0 unspecified atom stereocenters. The molecule has 0 aliphatic carbocycles. The van der Waals surface area contributed by atoms with E-state index in [-0.39, 0.29) is 29.1 Å². The second kappa shape index (κ2) is 8.82. The summed E-state index contributed by atoms with van der Waals surface area (Å²) < 4.78 is 6.40. The van der Waals surface area contributed by atoms with Crippen molar-refractivity contribution in [2.45, 2.75) is 6.92 Å². The Morgan fingerprint density at radius 2 is 1.63 bits per heavy atom. The van der Waals surface area contributed by atoms with Crippen LogP contribution in [0, 0.1) is 0 Å². The average Bonchev–Trinajstić information content (AvgIpc) is 3.39. The lowest BCUT2D eigenvalue weighted by Gasteiger charge is -2.15. The first-order valence-corrected chi connectivity index (χ1v) is 10.8. The van der Waals surface area contributed by atoms with Gasteiger partial charge in [-0.3, -0.25) is 19.3 Å². The fourth-order valence-electron chi connectivity index (χ4n) is 3.87. The average molecular weight is 469 g/mol. The number of ether oxygens (including phenoxy) is 1. The number of hydrogen-bond donors (Lipinski definition) is 1. The van der Waals surface area contributed by atoms with Crippen molar-refractivity contribution in [2.24, 2.45) is 0 Å². The topological polar surface area (TPSA) is 123 Å². The van der Waals surface area contributed by atoms with Crippen LogP contribution in [0.4, 0.5) is 5.82 Å². The summed E-state index contributed by atoms with van der Waals surface area (Å²) in [5.74, 6) is -2.11. The molecule has 174 valence electrons. The normalized spacial score (nSPS) is 12.7. The standard InChI is InChI=1S/C25H19N5O5/c1-2-35-25(34)18-13-26-30(20-12-11-15-7-3-6-10-19(15)27-20)22(18)28-21(31)14-29-23(32)16-8-4-5-9-17(16)24(29)33/h3-13H,2,14H2,1H3,(H,28,31). The quantitative estimate of drug-likeness (QED) is 0.340. The predicted molar refractivity (Wildman–Crippen MR) is 125 cm³/mol. The monoisotopic (exact) mass is 469 g/mol. The van der Waals surface area contributed by atoms with Gasteiger partial charge in [0.2, 0.25) is 5.91 Å². The third-order valence-corrected chi connectivity index (χ3v) is 5.50. The van der Waals surface area contributed by atoms with Gasteiger partial charge in [-0.1, -0.05) is 30.3 Å². The number of carbonyl (C=O) groups excluding carboxylic acids is 4. The molecule has 3 amide bonds. The SMILES string of the molecule is CCOC(=O)c1cnn(-c2ccc3ccccc3n2)c1NC(=O)CN1C(=O)c2ccccc2C1=O. The molecule has 1 aliphatic heterocycles. The van der Waals surface area contributed by atoms with Gasteiger partial charge in [-0.2, -0.15) is 9.78 Å². The number of amides is 3. The zero-order chi connectivity index (χ0) is 24.5. The minimum Gasteiger partial charge on any atom is -0.462 e. The van der Waals surface area contributed by atoms with Crippen LogP contribution < -0.4 is 5.32 Å². The van der Waals surface area contributed by atoms with E-state index < -0.39 is 30.2 Å². The third-order valence-electron chi connectivity index (χ3n) is 5.50. The molecule has 2 aromatic carbocycles. The lowest BCUT2D eigenvalue weighted by Crippen LogP contribution is -2.37. The Balaban J connectivity index is 1.46. The first-order valence-electron chi connectivity index (χ1n) is 10.8. The zero-order valence-electron chi connectivity index (χ0n) is 18.6. The van der Waals surface area contributed by atoms with Gasteiger partial charge in [-0.25, -0.2) is 9.78 Å². The number of carbonyl (C=O) groups is 4. The summed E-state index contributed by atoms with van der Waals surface area (Å²) in [5.41, 5.74) is 1.19. The molecule has 5 rings (SSSR count). The molecule has 0 saturated carbocycles. The van der Waals surface area contributed by atoms with Gasteiger partial charge in [0.25, 0.3) is 11.8 Å². The largest absolute Gasteiger partial charge is 0.462 e. The molecule has 0 fully saturated rings. The highest BCUT2D eigenvalue weighted by molar-refractivity contribution is 6.22. The number of fused-ring (bicyclic) bond motifs is 2. The maximum atomic E-state index is 13.0. The number of nitrogens with one attached hydrogen (secondary N) is 1. The molecule has 0 saturated heterocycles. The van der Waals surface area contributed by atoms with Crippen molar-refractivity contribution in [3.05, 3.63) is 83.6 Å². The lowest BCUT2D eigenvalue weighted by atomic mass is 10.1. The van der Waals surface area contributed by atoms with E-state index in [9.17, 15) is 19.2 Å². The Morgan fingerprint density at radius 1 is 0.943 bits per heavy atom. The predicted octanol–water partition coefficient (Wildman–Crippen LogP) is 2.83. The minimum absolute atomic E-state index is 0.0116. The van der Waals surface area contributed by atoms with Gasteiger partial charge < -0.3 is 10.1 Å². The summed E-state index contributed by atoms with van der Waals surface area (Å²) in [6.07, 6.45) is 1.27. The number of imide groups is 1. The van der Waals surface area contributed by atoms with E-state index in [0.717, 1.165) is 10.3 Å². The van der Waals surface area contributed by atoms with E-state index in [4.69, 9.17) is 4.74 Å². The summed E-state index contributed by atoms with van der Waals surface area (Å²) >= 11 is 0. The fraction of sp³-hybridized carbons (Fsp3) is 0.120. The van der Waals surface area contributed by atoms with E-state index in [1.54, 1.807) is 25.1 Å². The summed E-state index contributed by atoms with van der Waals surface area (Å²) in [6, 6.07) is 17.4. The van der Waals surface area contributed by atoms with E-state index in [1.165, 1.54) is 23.0 Å². The van der Waals surface area contributed by atoms with Crippen LogP contribution in [0.2, 0.25) is 0 Å². The highest BCUT2D eigenvalue weighted by atomic mass is 16.5. The number of esters is 1. The van der Waals surface area contributed by atoms with Crippen molar-refractivity contribution in [1.82, 2.24) is 19.7 Å². The van der Waals surface area contributed by atoms with Crippen molar-refractivity contribution in [3.8, 4) is 5.82 Å². The van der Waals surface area contributed by atoms with E-state index in [0.29, 0.717) is 11.3 Å². The maximum absolute atomic E-state index is 13.0. The van der Waals surface area contributed by atoms with Gasteiger partial charge in [0.05, 0.1) is 29.4 Å². The Bertz CT molecular complexity index is 1470. The molecule has 1 aliphatic rings. The van der Waals surface area contributed by atoms with Gasteiger partial charge in [0.1, 0.15) is 12.1 Å². The van der Waals surface area contributed by atoms with Crippen molar-refractivity contribution >= 4 is 40.4 Å². The second-order valence-electron chi connectivity index (χ2n) is 7.69. The second-order valence-corrected chi connectivity index (χ2v) is 7.69. The summed E-state index contributed by atoms with van der Waals surface area (Å²) in [6.45, 7) is 1.25. The molecule has 1 N–H and O–H groups in total. The highest BCUT2D eigenvalue weighted by Gasteiger charge is 2.36. The smallest absolute Gasteiger partial charge is 0.343 e. The third kappa shape index (κ3) is 3.90. The van der Waals surface area contributed by atoms with Crippen molar-refractivity contribution < 1.29 is 23.9 Å². The van der Waals surface area contributed by atoms with Crippen molar-refractivity contribution in [2.75, 3.05) is 18.5 Å². The number of pyridine rings is 1. The van der Waals surface area contributed by atoms with Crippen LogP contribution in [0.5, 0.6) is 0 Å². The fourth-order valence-corrected chi connectivity index (χ4v) is 3.87. The number of anilines is 1.